The van der Waals surface area contributed by atoms with Crippen molar-refractivity contribution in [3.63, 3.8) is 0 Å². The predicted octanol–water partition coefficient (Wildman–Crippen LogP) is 4.29. The first-order valence-corrected chi connectivity index (χ1v) is 9.02. The van der Waals surface area contributed by atoms with Crippen molar-refractivity contribution < 1.29 is 14.6 Å². The molecule has 0 aromatic heterocycles. The van der Waals surface area contributed by atoms with Gasteiger partial charge in [-0.05, 0) is 31.2 Å². The van der Waals surface area contributed by atoms with Crippen LogP contribution >= 0.6 is 0 Å². The average Bonchev–Trinajstić information content (AvgIpc) is 2.63. The molecule has 1 saturated heterocycles. The number of allylic oxidation sites excluding steroid dienone is 1. The van der Waals surface area contributed by atoms with Gasteiger partial charge < -0.3 is 9.84 Å². The lowest BCUT2D eigenvalue weighted by molar-refractivity contribution is 0.0342. The van der Waals surface area contributed by atoms with E-state index in [2.05, 4.69) is 19.1 Å². The lowest BCUT2D eigenvalue weighted by Crippen LogP contribution is -2.51. The Morgan fingerprint density at radius 3 is 2.83 bits per heavy atom. The quantitative estimate of drug-likeness (QED) is 0.599. The second kappa shape index (κ2) is 10.1. The van der Waals surface area contributed by atoms with Crippen molar-refractivity contribution >= 4 is 6.09 Å². The molecule has 1 heterocycles. The molecule has 1 aromatic rings. The maximum atomic E-state index is 12.6. The van der Waals surface area contributed by atoms with Gasteiger partial charge in [0.05, 0.1) is 18.7 Å². The van der Waals surface area contributed by atoms with Gasteiger partial charge in [0.15, 0.2) is 0 Å². The van der Waals surface area contributed by atoms with Crippen LogP contribution in [-0.2, 0) is 11.3 Å². The lowest BCUT2D eigenvalue weighted by Gasteiger charge is -2.39. The number of hydrogen-bond acceptors (Lipinski definition) is 3. The maximum Gasteiger partial charge on any atom is 0.410 e. The van der Waals surface area contributed by atoms with E-state index >= 15 is 0 Å². The maximum absolute atomic E-state index is 12.6. The Bertz CT molecular complexity index is 515. The highest BCUT2D eigenvalue weighted by Gasteiger charge is 2.33. The van der Waals surface area contributed by atoms with Gasteiger partial charge in [0.25, 0.3) is 0 Å². The van der Waals surface area contributed by atoms with Gasteiger partial charge in [0.2, 0.25) is 0 Å². The van der Waals surface area contributed by atoms with Crippen LogP contribution in [0, 0.1) is 0 Å². The fourth-order valence-corrected chi connectivity index (χ4v) is 3.13. The Morgan fingerprint density at radius 1 is 1.33 bits per heavy atom. The Labute approximate surface area is 145 Å². The molecule has 1 fully saturated rings. The van der Waals surface area contributed by atoms with Crippen molar-refractivity contribution in [2.45, 2.75) is 64.1 Å². The lowest BCUT2D eigenvalue weighted by atomic mass is 9.95. The molecule has 0 radical (unpaired) electrons. The second-order valence-electron chi connectivity index (χ2n) is 6.35. The van der Waals surface area contributed by atoms with Gasteiger partial charge in [-0.2, -0.15) is 0 Å². The van der Waals surface area contributed by atoms with Crippen molar-refractivity contribution in [1.29, 1.82) is 0 Å². The molecule has 24 heavy (non-hydrogen) atoms. The van der Waals surface area contributed by atoms with Gasteiger partial charge in [-0.15, -0.1) is 0 Å². The summed E-state index contributed by atoms with van der Waals surface area (Å²) in [5.41, 5.74) is 0.971. The molecule has 4 heteroatoms. The van der Waals surface area contributed by atoms with Crippen LogP contribution in [0.1, 0.15) is 51.0 Å². The van der Waals surface area contributed by atoms with E-state index in [1.807, 2.05) is 30.3 Å². The molecular weight excluding hydrogens is 302 g/mol. The fourth-order valence-electron chi connectivity index (χ4n) is 3.13. The highest BCUT2D eigenvalue weighted by atomic mass is 16.6. The van der Waals surface area contributed by atoms with Gasteiger partial charge in [0.1, 0.15) is 6.61 Å². The summed E-state index contributed by atoms with van der Waals surface area (Å²) in [5.74, 6) is 0. The molecule has 0 aliphatic carbocycles. The average molecular weight is 331 g/mol. The van der Waals surface area contributed by atoms with Crippen LogP contribution < -0.4 is 0 Å². The van der Waals surface area contributed by atoms with Crippen molar-refractivity contribution in [1.82, 2.24) is 4.90 Å². The molecule has 2 atom stereocenters. The molecule has 0 bridgehead atoms. The molecule has 1 amide bonds. The van der Waals surface area contributed by atoms with Gasteiger partial charge in [-0.1, -0.05) is 62.2 Å². The predicted molar refractivity (Wildman–Crippen MR) is 95.6 cm³/mol. The monoisotopic (exact) mass is 331 g/mol. The number of carbonyl (C=O) groups is 1. The molecule has 0 unspecified atom stereocenters. The number of rotatable bonds is 7. The molecule has 0 spiro atoms. The summed E-state index contributed by atoms with van der Waals surface area (Å²) in [6.07, 6.45) is 10.1. The molecule has 4 nitrogen and oxygen atoms in total. The number of likely N-dealkylation sites (tertiary alicyclic amines) is 1. The Hall–Kier alpha value is -1.81. The van der Waals surface area contributed by atoms with Crippen LogP contribution in [0.5, 0.6) is 0 Å². The van der Waals surface area contributed by atoms with Crippen LogP contribution in [0.4, 0.5) is 4.79 Å². The molecule has 1 N–H and O–H groups in total. The number of aliphatic hydroxyl groups is 1. The molecule has 0 saturated carbocycles. The van der Waals surface area contributed by atoms with Crippen LogP contribution in [0.2, 0.25) is 0 Å². The number of hydrogen-bond donors (Lipinski definition) is 1. The molecule has 1 aliphatic rings. The first-order chi connectivity index (χ1) is 11.8. The third-order valence-electron chi connectivity index (χ3n) is 4.50. The third kappa shape index (κ3) is 5.38. The Balaban J connectivity index is 1.99. The van der Waals surface area contributed by atoms with E-state index in [0.717, 1.165) is 44.1 Å². The highest BCUT2D eigenvalue weighted by Crippen LogP contribution is 2.25. The van der Waals surface area contributed by atoms with E-state index in [1.165, 1.54) is 0 Å². The van der Waals surface area contributed by atoms with Crippen LogP contribution in [0.3, 0.4) is 0 Å². The second-order valence-corrected chi connectivity index (χ2v) is 6.35. The summed E-state index contributed by atoms with van der Waals surface area (Å²) in [5, 5.41) is 9.65. The van der Waals surface area contributed by atoms with Crippen molar-refractivity contribution in [3.05, 3.63) is 48.0 Å². The number of piperidine rings is 1. The van der Waals surface area contributed by atoms with Crippen molar-refractivity contribution in [2.75, 3.05) is 6.61 Å². The van der Waals surface area contributed by atoms with E-state index < -0.39 is 0 Å². The number of benzene rings is 1. The standard InChI is InChI=1S/C20H29NO3/c1-2-3-4-8-12-18-13-9-14-19(15-22)21(18)20(23)24-16-17-10-6-5-7-11-17/h5-8,10-12,18-19,22H,2-4,9,13-16H2,1H3/b12-8+/t18-,19-/m0/s1. The minimum Gasteiger partial charge on any atom is -0.445 e. The summed E-state index contributed by atoms with van der Waals surface area (Å²) >= 11 is 0. The van der Waals surface area contributed by atoms with Crippen LogP contribution in [-0.4, -0.2) is 34.8 Å². The number of ether oxygens (including phenoxy) is 1. The number of unbranched alkanes of at least 4 members (excludes halogenated alkanes) is 2. The van der Waals surface area contributed by atoms with Crippen molar-refractivity contribution in [2.24, 2.45) is 0 Å². The smallest absolute Gasteiger partial charge is 0.410 e. The van der Waals surface area contributed by atoms with E-state index in [-0.39, 0.29) is 31.4 Å². The fraction of sp³-hybridized carbons (Fsp3) is 0.550. The minimum absolute atomic E-state index is 0.0141. The zero-order chi connectivity index (χ0) is 17.2. The summed E-state index contributed by atoms with van der Waals surface area (Å²) in [6.45, 7) is 2.42. The van der Waals surface area contributed by atoms with Gasteiger partial charge in [-0.3, -0.25) is 4.90 Å². The van der Waals surface area contributed by atoms with E-state index in [1.54, 1.807) is 4.90 Å². The molecule has 1 aliphatic heterocycles. The first-order valence-electron chi connectivity index (χ1n) is 9.02. The zero-order valence-corrected chi connectivity index (χ0v) is 14.6. The number of amides is 1. The number of carbonyl (C=O) groups excluding carboxylic acids is 1. The summed E-state index contributed by atoms with van der Waals surface area (Å²) in [4.78, 5) is 14.3. The summed E-state index contributed by atoms with van der Waals surface area (Å²) in [7, 11) is 0. The zero-order valence-electron chi connectivity index (χ0n) is 14.6. The van der Waals surface area contributed by atoms with E-state index in [4.69, 9.17) is 4.74 Å². The van der Waals surface area contributed by atoms with Crippen LogP contribution in [0.25, 0.3) is 0 Å². The SMILES string of the molecule is CCCC/C=C/[C@H]1CCC[C@@H](CO)N1C(=O)OCc1ccccc1. The van der Waals surface area contributed by atoms with Gasteiger partial charge in [0, 0.05) is 0 Å². The molecule has 1 aromatic carbocycles. The van der Waals surface area contributed by atoms with Crippen LogP contribution in [0.15, 0.2) is 42.5 Å². The Kier molecular flexibility index (Phi) is 7.83. The molecule has 2 rings (SSSR count). The summed E-state index contributed by atoms with van der Waals surface area (Å²) in [6, 6.07) is 9.55. The molecular formula is C20H29NO3. The third-order valence-corrected chi connectivity index (χ3v) is 4.50. The topological polar surface area (TPSA) is 49.8 Å². The first kappa shape index (κ1) is 18.5. The normalized spacial score (nSPS) is 21.2. The number of nitrogens with zero attached hydrogens (tertiary/aromatic N) is 1. The van der Waals surface area contributed by atoms with Gasteiger partial charge in [-0.25, -0.2) is 4.79 Å². The van der Waals surface area contributed by atoms with E-state index in [0.29, 0.717) is 0 Å². The Morgan fingerprint density at radius 2 is 2.12 bits per heavy atom. The highest BCUT2D eigenvalue weighted by molar-refractivity contribution is 5.69. The minimum atomic E-state index is -0.331. The van der Waals surface area contributed by atoms with Crippen molar-refractivity contribution in [3.8, 4) is 0 Å². The largest absolute Gasteiger partial charge is 0.445 e. The summed E-state index contributed by atoms with van der Waals surface area (Å²) < 4.78 is 5.50. The van der Waals surface area contributed by atoms with E-state index in [9.17, 15) is 9.90 Å². The molecule has 132 valence electrons. The van der Waals surface area contributed by atoms with Gasteiger partial charge >= 0.3 is 6.09 Å². The number of aliphatic hydroxyl groups excluding tert-OH is 1.